The van der Waals surface area contributed by atoms with Gasteiger partial charge >= 0.3 is 46.0 Å². The van der Waals surface area contributed by atoms with Gasteiger partial charge in [0.2, 0.25) is 0 Å². The van der Waals surface area contributed by atoms with Crippen molar-refractivity contribution in [2.24, 2.45) is 0 Å². The van der Waals surface area contributed by atoms with Gasteiger partial charge in [0.1, 0.15) is 0 Å². The molecule has 0 aromatic carbocycles. The molecule has 0 radical (unpaired) electrons. The molecular weight excluding hydrogens is 293 g/mol. The van der Waals surface area contributed by atoms with E-state index in [2.05, 4.69) is 0 Å². The first kappa shape index (κ1) is 10.7. The van der Waals surface area contributed by atoms with E-state index in [1.807, 2.05) is 0 Å². The van der Waals surface area contributed by atoms with E-state index in [0.29, 0.717) is 0 Å². The molecule has 0 atom stereocenters. The van der Waals surface area contributed by atoms with Crippen molar-refractivity contribution < 1.29 is 47.4 Å². The zero-order valence-corrected chi connectivity index (χ0v) is 9.67. The Balaban J connectivity index is 0. The van der Waals surface area contributed by atoms with E-state index in [0.717, 1.165) is 0 Å². The van der Waals surface area contributed by atoms with Gasteiger partial charge in [0.05, 0.1) is 0 Å². The Labute approximate surface area is 66.1 Å². The molecule has 0 bridgehead atoms. The van der Waals surface area contributed by atoms with Crippen LogP contribution in [0.1, 0.15) is 0 Å². The second kappa shape index (κ2) is 6.78. The molecule has 0 nitrogen and oxygen atoms in total. The van der Waals surface area contributed by atoms with Crippen molar-refractivity contribution in [1.82, 2.24) is 0 Å². The van der Waals surface area contributed by atoms with Gasteiger partial charge in [0.15, 0.2) is 0 Å². The fourth-order valence-electron chi connectivity index (χ4n) is 0. The molecule has 0 N–H and O–H groups in total. The summed E-state index contributed by atoms with van der Waals surface area (Å²) >= 11 is -2.31. The molecule has 0 aromatic heterocycles. The molecule has 0 aliphatic carbocycles. The minimum atomic E-state index is -2.31. The van der Waals surface area contributed by atoms with Gasteiger partial charge in [-0.2, -0.15) is 0 Å². The number of halogens is 3. The summed E-state index contributed by atoms with van der Waals surface area (Å²) in [5.74, 6) is 0. The number of hydrogen-bond acceptors (Lipinski definition) is 0. The maximum absolute atomic E-state index is 5.03. The zero-order chi connectivity index (χ0) is 3.58. The summed E-state index contributed by atoms with van der Waals surface area (Å²) in [6, 6.07) is 0. The maximum atomic E-state index is 5.03. The summed E-state index contributed by atoms with van der Waals surface area (Å²) in [4.78, 5) is 0. The molecule has 0 rings (SSSR count). The van der Waals surface area contributed by atoms with Gasteiger partial charge in [-0.1, -0.05) is 0 Å². The SMILES string of the molecule is [Cl][La]([Cl])[Cl].[Ti]. The van der Waals surface area contributed by atoms with Crippen LogP contribution in [-0.2, 0) is 21.7 Å². The molecule has 0 saturated heterocycles. The second-order valence-corrected chi connectivity index (χ2v) is 16.2. The van der Waals surface area contributed by atoms with Gasteiger partial charge in [-0.05, 0) is 0 Å². The van der Waals surface area contributed by atoms with Gasteiger partial charge in [-0.15, -0.1) is 0 Å². The van der Waals surface area contributed by atoms with Crippen LogP contribution in [0.5, 0.6) is 0 Å². The molecule has 5 heteroatoms. The van der Waals surface area contributed by atoms with Crippen molar-refractivity contribution in [3.8, 4) is 0 Å². The Morgan fingerprint density at radius 1 is 1.00 bits per heavy atom. The first-order valence-corrected chi connectivity index (χ1v) is 14.3. The van der Waals surface area contributed by atoms with E-state index in [-0.39, 0.29) is 21.7 Å². The molecule has 0 fully saturated rings. The molecule has 0 aliphatic heterocycles. The summed E-state index contributed by atoms with van der Waals surface area (Å²) in [6.07, 6.45) is 0. The first-order valence-electron chi connectivity index (χ1n) is 0.655. The van der Waals surface area contributed by atoms with Crippen molar-refractivity contribution in [3.05, 3.63) is 0 Å². The predicted octanol–water partition coefficient (Wildman–Crippen LogP) is 2.07. The normalized spacial score (nSPS) is 5.40. The van der Waals surface area contributed by atoms with Crippen LogP contribution in [-0.4, -0.2) is 0 Å². The van der Waals surface area contributed by atoms with E-state index in [1.165, 1.54) is 0 Å². The van der Waals surface area contributed by atoms with E-state index < -0.39 is 25.7 Å². The third kappa shape index (κ3) is 20.0. The van der Waals surface area contributed by atoms with E-state index in [9.17, 15) is 0 Å². The summed E-state index contributed by atoms with van der Waals surface area (Å²) in [5, 5.41) is 0. The number of hydrogen-bond donors (Lipinski definition) is 0. The van der Waals surface area contributed by atoms with Crippen LogP contribution in [0.15, 0.2) is 0 Å². The fraction of sp³-hybridized carbons (Fsp3) is 0. The first-order chi connectivity index (χ1) is 1.73. The van der Waals surface area contributed by atoms with E-state index >= 15 is 0 Å². The quantitative estimate of drug-likeness (QED) is 0.600. The predicted molar refractivity (Wildman–Crippen MR) is 17.6 cm³/mol. The minimum absolute atomic E-state index is 0. The molecule has 0 spiro atoms. The largest absolute Gasteiger partial charge is 0 e. The Morgan fingerprint density at radius 3 is 1.00 bits per heavy atom. The maximum Gasteiger partial charge on any atom is 0 e. The molecule has 0 aliphatic rings. The summed E-state index contributed by atoms with van der Waals surface area (Å²) < 4.78 is 0. The van der Waals surface area contributed by atoms with Gasteiger partial charge in [0.25, 0.3) is 0 Å². The van der Waals surface area contributed by atoms with Crippen LogP contribution in [0.3, 0.4) is 0 Å². The Morgan fingerprint density at radius 2 is 1.00 bits per heavy atom. The van der Waals surface area contributed by atoms with Crippen LogP contribution < -0.4 is 0 Å². The summed E-state index contributed by atoms with van der Waals surface area (Å²) in [6.45, 7) is 15.1. The zero-order valence-electron chi connectivity index (χ0n) is 2.21. The minimum Gasteiger partial charge on any atom is 0 e. The van der Waals surface area contributed by atoms with Crippen molar-refractivity contribution >= 4 is 20.4 Å². The standard InChI is InChI=1S/3ClH.La.Ti/h3*1H;;/q;;;+3;/p-3. The topological polar surface area (TPSA) is 0 Å². The molecule has 0 amide bonds. The monoisotopic (exact) mass is 292 g/mol. The second-order valence-electron chi connectivity index (χ2n) is 0.247. The molecule has 0 saturated carbocycles. The summed E-state index contributed by atoms with van der Waals surface area (Å²) in [7, 11) is 0. The third-order valence-corrected chi connectivity index (χ3v) is 0. The van der Waals surface area contributed by atoms with Crippen LogP contribution in [0.2, 0.25) is 0 Å². The fourth-order valence-corrected chi connectivity index (χ4v) is 0. The van der Waals surface area contributed by atoms with Crippen molar-refractivity contribution in [2.45, 2.75) is 0 Å². The molecule has 0 aromatic rings. The van der Waals surface area contributed by atoms with E-state index in [1.54, 1.807) is 0 Å². The van der Waals surface area contributed by atoms with Crippen molar-refractivity contribution in [1.29, 1.82) is 0 Å². The van der Waals surface area contributed by atoms with Crippen molar-refractivity contribution in [2.75, 3.05) is 0 Å². The smallest absolute Gasteiger partial charge is 0 e. The molecular formula is Cl3LaTi. The third-order valence-electron chi connectivity index (χ3n) is 0. The molecule has 0 unspecified atom stereocenters. The van der Waals surface area contributed by atoms with Gasteiger partial charge in [0, 0.05) is 21.7 Å². The van der Waals surface area contributed by atoms with Crippen LogP contribution >= 0.6 is 20.4 Å². The van der Waals surface area contributed by atoms with Gasteiger partial charge < -0.3 is 0 Å². The van der Waals surface area contributed by atoms with Gasteiger partial charge in [-0.3, -0.25) is 0 Å². The molecule has 0 heterocycles. The molecule has 28 valence electrons. The average Bonchev–Trinajstić information content (AvgIpc) is 0.811. The Kier molecular flexibility index (Phi) is 14.5. The average molecular weight is 293 g/mol. The van der Waals surface area contributed by atoms with Crippen LogP contribution in [0, 0.1) is 25.7 Å². The van der Waals surface area contributed by atoms with Crippen LogP contribution in [0.25, 0.3) is 0 Å². The number of rotatable bonds is 0. The Bertz CT molecular complexity index is 11.6. The molecule has 5 heavy (non-hydrogen) atoms. The Hall–Kier alpha value is 2.78. The summed E-state index contributed by atoms with van der Waals surface area (Å²) in [5.41, 5.74) is 0. The van der Waals surface area contributed by atoms with E-state index in [4.69, 9.17) is 20.4 Å². The van der Waals surface area contributed by atoms with Gasteiger partial charge in [-0.25, -0.2) is 0 Å². The van der Waals surface area contributed by atoms with Crippen molar-refractivity contribution in [3.63, 3.8) is 0 Å². The van der Waals surface area contributed by atoms with Crippen LogP contribution in [0.4, 0.5) is 0 Å².